The van der Waals surface area contributed by atoms with E-state index in [0.717, 1.165) is 0 Å². The molecule has 0 atom stereocenters. The van der Waals surface area contributed by atoms with Gasteiger partial charge in [-0.25, -0.2) is 0 Å². The van der Waals surface area contributed by atoms with Gasteiger partial charge < -0.3 is 0 Å². The van der Waals surface area contributed by atoms with Crippen LogP contribution in [-0.2, 0) is 0 Å². The smallest absolute Gasteiger partial charge is 0.0466 e. The van der Waals surface area contributed by atoms with E-state index < -0.39 is 0 Å². The molecule has 0 aliphatic heterocycles. The first-order chi connectivity index (χ1) is 5.13. The largest absolute Gasteiger partial charge is 0.0632 e. The zero-order valence-electron chi connectivity index (χ0n) is 7.89. The molecule has 0 aliphatic rings. The lowest BCUT2D eigenvalue weighted by Crippen LogP contribution is -1.65. The second-order valence-electron chi connectivity index (χ2n) is 3.07. The molecule has 0 fully saturated rings. The van der Waals surface area contributed by atoms with Crippen LogP contribution in [0.15, 0.2) is 35.5 Å². The molecule has 0 saturated heterocycles. The van der Waals surface area contributed by atoms with Gasteiger partial charge in [0.2, 0.25) is 0 Å². The summed E-state index contributed by atoms with van der Waals surface area (Å²) >= 11 is 0. The normalized spacial score (nSPS) is 9.45. The van der Waals surface area contributed by atoms with E-state index in [1.807, 2.05) is 6.08 Å². The van der Waals surface area contributed by atoms with E-state index >= 15 is 0 Å². The molecule has 0 unspecified atom stereocenters. The highest BCUT2D eigenvalue weighted by Gasteiger charge is 1.82. The minimum Gasteiger partial charge on any atom is -0.0632 e. The summed E-state index contributed by atoms with van der Waals surface area (Å²) in [4.78, 5) is 0. The highest BCUT2D eigenvalue weighted by Crippen LogP contribution is 1.94. The van der Waals surface area contributed by atoms with E-state index in [-0.39, 0.29) is 0 Å². The summed E-state index contributed by atoms with van der Waals surface area (Å²) in [6, 6.07) is 0. The van der Waals surface area contributed by atoms with Gasteiger partial charge in [0.25, 0.3) is 0 Å². The Morgan fingerprint density at radius 1 is 1.00 bits per heavy atom. The molecule has 0 aromatic rings. The number of hydrogen-bond acceptors (Lipinski definition) is 0. The Bertz CT molecular complexity index is 172. The van der Waals surface area contributed by atoms with Crippen LogP contribution >= 0.6 is 0 Å². The van der Waals surface area contributed by atoms with Crippen LogP contribution in [0.5, 0.6) is 0 Å². The number of hydrogen-bond donors (Lipinski definition) is 0. The summed E-state index contributed by atoms with van der Waals surface area (Å²) < 4.78 is 0. The van der Waals surface area contributed by atoms with E-state index in [1.54, 1.807) is 0 Å². The fourth-order valence-corrected chi connectivity index (χ4v) is 0.560. The van der Waals surface area contributed by atoms with Gasteiger partial charge in [0.05, 0.1) is 0 Å². The van der Waals surface area contributed by atoms with E-state index in [2.05, 4.69) is 52.3 Å². The monoisotopic (exact) mass is 149 g/mol. The van der Waals surface area contributed by atoms with Gasteiger partial charge in [-0.1, -0.05) is 5.57 Å². The summed E-state index contributed by atoms with van der Waals surface area (Å²) in [5.41, 5.74) is 2.65. The van der Waals surface area contributed by atoms with Crippen LogP contribution in [0.2, 0.25) is 0 Å². The maximum absolute atomic E-state index is 2.09. The molecule has 0 aromatic heterocycles. The summed E-state index contributed by atoms with van der Waals surface area (Å²) in [7, 11) is 0. The summed E-state index contributed by atoms with van der Waals surface area (Å²) in [6.07, 6.45) is 10.3. The first-order valence-electron chi connectivity index (χ1n) is 3.91. The maximum atomic E-state index is 2.09. The van der Waals surface area contributed by atoms with E-state index in [4.69, 9.17) is 0 Å². The van der Waals surface area contributed by atoms with Crippen LogP contribution in [0.1, 0.15) is 27.7 Å². The minimum atomic E-state index is 1.33. The van der Waals surface area contributed by atoms with Gasteiger partial charge in [0.1, 0.15) is 0 Å². The second-order valence-corrected chi connectivity index (χ2v) is 3.07. The van der Waals surface area contributed by atoms with Gasteiger partial charge in [-0.3, -0.25) is 0 Å². The zero-order chi connectivity index (χ0) is 8.69. The summed E-state index contributed by atoms with van der Waals surface area (Å²) in [5.74, 6) is 0. The number of allylic oxidation sites excluding steroid dienone is 6. The fraction of sp³-hybridized carbons (Fsp3) is 0.364. The molecular weight excluding hydrogens is 132 g/mol. The topological polar surface area (TPSA) is 0 Å². The molecule has 0 N–H and O–H groups in total. The fourth-order valence-electron chi connectivity index (χ4n) is 0.560. The van der Waals surface area contributed by atoms with Crippen LogP contribution in [0, 0.1) is 6.42 Å². The lowest BCUT2D eigenvalue weighted by atomic mass is 10.2. The van der Waals surface area contributed by atoms with E-state index in [1.165, 1.54) is 11.1 Å². The molecule has 0 nitrogen and oxygen atoms in total. The number of rotatable bonds is 3. The molecule has 0 radical (unpaired) electrons. The van der Waals surface area contributed by atoms with Gasteiger partial charge >= 0.3 is 0 Å². The first kappa shape index (κ1) is 10.1. The average Bonchev–Trinajstić information content (AvgIpc) is 1.85. The summed E-state index contributed by atoms with van der Waals surface area (Å²) in [5, 5.41) is 0. The molecule has 0 spiro atoms. The van der Waals surface area contributed by atoms with Crippen molar-refractivity contribution in [1.82, 2.24) is 0 Å². The highest BCUT2D eigenvalue weighted by molar-refractivity contribution is 5.17. The van der Waals surface area contributed by atoms with Crippen molar-refractivity contribution in [2.45, 2.75) is 27.7 Å². The Morgan fingerprint density at radius 2 is 1.64 bits per heavy atom. The Kier molecular flexibility index (Phi) is 5.36. The minimum absolute atomic E-state index is 1.33. The third-order valence-corrected chi connectivity index (χ3v) is 1.08. The standard InChI is InChI=1S/C11H17/c1-10(2)8-6-5-7-9-11(3)4/h5-9H,1-4H3/q+1/b6-5+. The Balaban J connectivity index is 3.63. The third kappa shape index (κ3) is 9.09. The lowest BCUT2D eigenvalue weighted by Gasteiger charge is -1.78. The zero-order valence-corrected chi connectivity index (χ0v) is 7.89. The van der Waals surface area contributed by atoms with Crippen molar-refractivity contribution in [3.63, 3.8) is 0 Å². The molecule has 0 heteroatoms. The van der Waals surface area contributed by atoms with Gasteiger partial charge in [0, 0.05) is 44.1 Å². The van der Waals surface area contributed by atoms with E-state index in [9.17, 15) is 0 Å². The molecule has 0 heterocycles. The van der Waals surface area contributed by atoms with Crippen molar-refractivity contribution < 1.29 is 0 Å². The maximum Gasteiger partial charge on any atom is 0.0466 e. The molecular formula is C11H17+. The van der Waals surface area contributed by atoms with Gasteiger partial charge in [-0.05, 0) is 19.9 Å². The van der Waals surface area contributed by atoms with Gasteiger partial charge in [-0.15, -0.1) is 0 Å². The van der Waals surface area contributed by atoms with Crippen LogP contribution < -0.4 is 0 Å². The van der Waals surface area contributed by atoms with Crippen molar-refractivity contribution in [3.05, 3.63) is 41.9 Å². The third-order valence-electron chi connectivity index (χ3n) is 1.08. The second kappa shape index (κ2) is 5.84. The quantitative estimate of drug-likeness (QED) is 0.424. The van der Waals surface area contributed by atoms with Crippen molar-refractivity contribution >= 4 is 0 Å². The predicted molar refractivity (Wildman–Crippen MR) is 52.3 cm³/mol. The van der Waals surface area contributed by atoms with Crippen molar-refractivity contribution in [2.75, 3.05) is 0 Å². The van der Waals surface area contributed by atoms with Crippen LogP contribution in [0.3, 0.4) is 0 Å². The average molecular weight is 149 g/mol. The highest BCUT2D eigenvalue weighted by atomic mass is 13.8. The first-order valence-corrected chi connectivity index (χ1v) is 3.91. The van der Waals surface area contributed by atoms with Crippen molar-refractivity contribution in [1.29, 1.82) is 0 Å². The molecule has 0 aromatic carbocycles. The Morgan fingerprint density at radius 3 is 2.09 bits per heavy atom. The van der Waals surface area contributed by atoms with Gasteiger partial charge in [0.15, 0.2) is 0 Å². The predicted octanol–water partition coefficient (Wildman–Crippen LogP) is 3.68. The SMILES string of the molecule is CC(C)=C/C=C/[CH+]C=C(C)C. The molecule has 0 aliphatic carbocycles. The molecule has 0 bridgehead atoms. The van der Waals surface area contributed by atoms with Gasteiger partial charge in [-0.2, -0.15) is 0 Å². The molecule has 60 valence electrons. The molecule has 0 rings (SSSR count). The summed E-state index contributed by atoms with van der Waals surface area (Å²) in [6.45, 7) is 8.35. The Hall–Kier alpha value is -0.910. The van der Waals surface area contributed by atoms with Crippen LogP contribution in [0.25, 0.3) is 0 Å². The van der Waals surface area contributed by atoms with E-state index in [0.29, 0.717) is 0 Å². The molecule has 0 saturated carbocycles. The van der Waals surface area contributed by atoms with Crippen LogP contribution in [-0.4, -0.2) is 0 Å². The Labute approximate surface area is 70.3 Å². The van der Waals surface area contributed by atoms with Crippen molar-refractivity contribution in [3.8, 4) is 0 Å². The lowest BCUT2D eigenvalue weighted by molar-refractivity contribution is 1.37. The van der Waals surface area contributed by atoms with Crippen molar-refractivity contribution in [2.24, 2.45) is 0 Å². The molecule has 11 heavy (non-hydrogen) atoms. The van der Waals surface area contributed by atoms with Crippen LogP contribution in [0.4, 0.5) is 0 Å². The molecule has 0 amide bonds.